The molecule has 0 fully saturated rings. The monoisotopic (exact) mass is 465 g/mol. The van der Waals surface area contributed by atoms with E-state index >= 15 is 0 Å². The molecular weight excluding hydrogens is 444 g/mol. The first kappa shape index (κ1) is 23.5. The lowest BCUT2D eigenvalue weighted by atomic mass is 9.86. The lowest BCUT2D eigenvalue weighted by Gasteiger charge is -2.17. The van der Waals surface area contributed by atoms with Crippen molar-refractivity contribution in [3.63, 3.8) is 0 Å². The number of halogens is 3. The molecule has 1 unspecified atom stereocenters. The van der Waals surface area contributed by atoms with Crippen molar-refractivity contribution in [2.75, 3.05) is 7.11 Å². The fraction of sp³-hybridized carbons (Fsp3) is 0.304. The zero-order valence-electron chi connectivity index (χ0n) is 17.9. The number of carboxylic acid groups (broad SMARTS) is 1. The number of hydrogen-bond donors (Lipinski definition) is 1. The van der Waals surface area contributed by atoms with Gasteiger partial charge >= 0.3 is 12.6 Å². The van der Waals surface area contributed by atoms with Crippen LogP contribution in [0.15, 0.2) is 36.4 Å². The molecule has 1 heterocycles. The predicted molar refractivity (Wildman–Crippen MR) is 116 cm³/mol. The first-order valence-electron chi connectivity index (χ1n) is 9.77. The Morgan fingerprint density at radius 1 is 1.12 bits per heavy atom. The molecule has 0 aliphatic rings. The van der Waals surface area contributed by atoms with Crippen molar-refractivity contribution < 1.29 is 33.0 Å². The van der Waals surface area contributed by atoms with E-state index in [1.54, 1.807) is 32.9 Å². The second-order valence-electron chi connectivity index (χ2n) is 7.61. The number of aliphatic carboxylic acids is 1. The van der Waals surface area contributed by atoms with Crippen LogP contribution in [0.4, 0.5) is 8.78 Å². The molecule has 2 aromatic carbocycles. The summed E-state index contributed by atoms with van der Waals surface area (Å²) in [6, 6.07) is 8.46. The Labute approximate surface area is 188 Å². The molecule has 170 valence electrons. The number of hydrogen-bond acceptors (Lipinski definition) is 4. The molecule has 0 aliphatic heterocycles. The van der Waals surface area contributed by atoms with Gasteiger partial charge in [-0.15, -0.1) is 0 Å². The third-order valence-electron chi connectivity index (χ3n) is 5.30. The van der Waals surface area contributed by atoms with E-state index in [1.165, 1.54) is 35.9 Å². The molecule has 0 amide bonds. The molecule has 0 saturated heterocycles. The maximum atomic E-state index is 13.4. The highest BCUT2D eigenvalue weighted by molar-refractivity contribution is 6.33. The van der Waals surface area contributed by atoms with E-state index < -0.39 is 24.4 Å². The molecule has 0 bridgehead atoms. The van der Waals surface area contributed by atoms with Gasteiger partial charge in [0.05, 0.1) is 23.6 Å². The fourth-order valence-electron chi connectivity index (χ4n) is 3.90. The van der Waals surface area contributed by atoms with Crippen LogP contribution in [-0.2, 0) is 4.79 Å². The molecule has 9 heteroatoms. The van der Waals surface area contributed by atoms with Gasteiger partial charge in [0, 0.05) is 16.6 Å². The summed E-state index contributed by atoms with van der Waals surface area (Å²) in [5, 5.41) is 10.7. The minimum Gasteiger partial charge on any atom is -0.495 e. The number of rotatable bonds is 7. The average Bonchev–Trinajstić information content (AvgIpc) is 2.97. The Balaban J connectivity index is 2.24. The van der Waals surface area contributed by atoms with Crippen LogP contribution in [0.3, 0.4) is 0 Å². The quantitative estimate of drug-likeness (QED) is 0.482. The van der Waals surface area contributed by atoms with Crippen molar-refractivity contribution in [2.45, 2.75) is 33.3 Å². The number of alkyl halides is 2. The smallest absolute Gasteiger partial charge is 0.387 e. The van der Waals surface area contributed by atoms with Gasteiger partial charge in [-0.2, -0.15) is 8.78 Å². The number of carbonyl (C=O) groups is 2. The number of nitrogens with zero attached hydrogens (tertiary/aromatic N) is 1. The summed E-state index contributed by atoms with van der Waals surface area (Å²) in [7, 11) is 1.45. The average molecular weight is 466 g/mol. The summed E-state index contributed by atoms with van der Waals surface area (Å²) in [4.78, 5) is 25.5. The minimum atomic E-state index is -2.98. The van der Waals surface area contributed by atoms with Gasteiger partial charge in [-0.25, -0.2) is 0 Å². The Morgan fingerprint density at radius 2 is 1.75 bits per heavy atom. The van der Waals surface area contributed by atoms with E-state index in [0.717, 1.165) is 0 Å². The molecule has 1 atom stereocenters. The highest BCUT2D eigenvalue weighted by atomic mass is 35.5. The summed E-state index contributed by atoms with van der Waals surface area (Å²) in [6.45, 7) is 2.27. The van der Waals surface area contributed by atoms with Crippen molar-refractivity contribution in [2.24, 2.45) is 5.92 Å². The molecule has 1 N–H and O–H groups in total. The molecule has 1 aromatic heterocycles. The van der Waals surface area contributed by atoms with E-state index in [1.807, 2.05) is 0 Å². The third kappa shape index (κ3) is 4.27. The van der Waals surface area contributed by atoms with E-state index in [0.29, 0.717) is 27.9 Å². The highest BCUT2D eigenvalue weighted by Gasteiger charge is 2.32. The fourth-order valence-corrected chi connectivity index (χ4v) is 4.14. The van der Waals surface area contributed by atoms with Gasteiger partial charge in [0.1, 0.15) is 11.5 Å². The number of methoxy groups -OCH3 is 1. The number of carbonyl (C=O) groups excluding carboxylic acids is 1. The van der Waals surface area contributed by atoms with E-state index in [9.17, 15) is 23.5 Å². The molecular formula is C23H22ClF2NO5. The van der Waals surface area contributed by atoms with Crippen molar-refractivity contribution >= 4 is 34.4 Å². The van der Waals surface area contributed by atoms with Crippen molar-refractivity contribution in [1.29, 1.82) is 0 Å². The van der Waals surface area contributed by atoms with Crippen LogP contribution in [0.2, 0.25) is 5.02 Å². The summed E-state index contributed by atoms with van der Waals surface area (Å²) >= 11 is 6.31. The second kappa shape index (κ2) is 9.16. The predicted octanol–water partition coefficient (Wildman–Crippen LogP) is 5.73. The highest BCUT2D eigenvalue weighted by Crippen LogP contribution is 2.40. The lowest BCUT2D eigenvalue weighted by Crippen LogP contribution is -2.19. The van der Waals surface area contributed by atoms with Crippen LogP contribution >= 0.6 is 11.6 Å². The van der Waals surface area contributed by atoms with Crippen LogP contribution in [-0.4, -0.2) is 35.3 Å². The SMILES string of the molecule is COc1cc2c(C(C(=O)O)C(C)C)c(C)n(C(=O)c3ccc(OC(F)F)cc3)c2cc1Cl. The van der Waals surface area contributed by atoms with E-state index in [2.05, 4.69) is 4.74 Å². The standard InChI is InChI=1S/C23H22ClF2NO5/c1-11(2)19(22(29)30)20-12(3)27(17-10-16(24)18(31-4)9-15(17)20)21(28)13-5-7-14(8-6-13)32-23(25)26/h5-11,19,23H,1-4H3,(H,29,30). The summed E-state index contributed by atoms with van der Waals surface area (Å²) < 4.78 is 35.8. The Bertz CT molecular complexity index is 1170. The van der Waals surface area contributed by atoms with E-state index in [-0.39, 0.29) is 22.3 Å². The van der Waals surface area contributed by atoms with Crippen molar-refractivity contribution in [3.05, 3.63) is 58.2 Å². The zero-order chi connectivity index (χ0) is 23.7. The van der Waals surface area contributed by atoms with Gasteiger partial charge in [-0.05, 0) is 54.8 Å². The second-order valence-corrected chi connectivity index (χ2v) is 8.01. The number of benzene rings is 2. The van der Waals surface area contributed by atoms with Crippen LogP contribution in [0.1, 0.15) is 41.4 Å². The first-order valence-corrected chi connectivity index (χ1v) is 10.1. The molecule has 0 radical (unpaired) electrons. The maximum Gasteiger partial charge on any atom is 0.387 e. The van der Waals surface area contributed by atoms with Crippen molar-refractivity contribution in [1.82, 2.24) is 4.57 Å². The topological polar surface area (TPSA) is 77.8 Å². The van der Waals surface area contributed by atoms with Crippen LogP contribution < -0.4 is 9.47 Å². The number of fused-ring (bicyclic) bond motifs is 1. The summed E-state index contributed by atoms with van der Waals surface area (Å²) in [5.74, 6) is -2.34. The number of carboxylic acids is 1. The lowest BCUT2D eigenvalue weighted by molar-refractivity contribution is -0.139. The van der Waals surface area contributed by atoms with Gasteiger partial charge in [-0.3, -0.25) is 14.2 Å². The molecule has 6 nitrogen and oxygen atoms in total. The normalized spacial score (nSPS) is 12.4. The Hall–Kier alpha value is -3.13. The number of ether oxygens (including phenoxy) is 2. The largest absolute Gasteiger partial charge is 0.495 e. The molecule has 0 saturated carbocycles. The van der Waals surface area contributed by atoms with Gasteiger partial charge < -0.3 is 14.6 Å². The Kier molecular flexibility index (Phi) is 6.74. The molecule has 3 aromatic rings. The van der Waals surface area contributed by atoms with Crippen LogP contribution in [0.25, 0.3) is 10.9 Å². The van der Waals surface area contributed by atoms with E-state index in [4.69, 9.17) is 16.3 Å². The molecule has 3 rings (SSSR count). The summed E-state index contributed by atoms with van der Waals surface area (Å²) in [6.07, 6.45) is 0. The first-order chi connectivity index (χ1) is 15.1. The van der Waals surface area contributed by atoms with Crippen molar-refractivity contribution in [3.8, 4) is 11.5 Å². The molecule has 0 aliphatic carbocycles. The van der Waals surface area contributed by atoms with Gasteiger partial charge in [0.2, 0.25) is 0 Å². The zero-order valence-corrected chi connectivity index (χ0v) is 18.6. The Morgan fingerprint density at radius 3 is 2.25 bits per heavy atom. The number of aromatic nitrogens is 1. The summed E-state index contributed by atoms with van der Waals surface area (Å²) in [5.41, 5.74) is 1.57. The molecule has 0 spiro atoms. The van der Waals surface area contributed by atoms with Gasteiger partial charge in [0.25, 0.3) is 5.91 Å². The van der Waals surface area contributed by atoms with Gasteiger partial charge in [-0.1, -0.05) is 25.4 Å². The third-order valence-corrected chi connectivity index (χ3v) is 5.60. The molecule has 32 heavy (non-hydrogen) atoms. The minimum absolute atomic E-state index is 0.0788. The van der Waals surface area contributed by atoms with Crippen LogP contribution in [0, 0.1) is 12.8 Å². The van der Waals surface area contributed by atoms with Crippen LogP contribution in [0.5, 0.6) is 11.5 Å². The van der Waals surface area contributed by atoms with Gasteiger partial charge in [0.15, 0.2) is 0 Å². The maximum absolute atomic E-state index is 13.4.